The summed E-state index contributed by atoms with van der Waals surface area (Å²) in [6, 6.07) is 15.7. The molecule has 23 heavy (non-hydrogen) atoms. The Morgan fingerprint density at radius 2 is 2.09 bits per heavy atom. The number of nitrogens with one attached hydrogen (secondary N) is 1. The largest absolute Gasteiger partial charge is 0.496 e. The van der Waals surface area contributed by atoms with Crippen LogP contribution in [-0.2, 0) is 6.54 Å². The van der Waals surface area contributed by atoms with E-state index in [1.54, 1.807) is 24.3 Å². The molecule has 1 aromatic heterocycles. The number of hydrazone groups is 1. The highest BCUT2D eigenvalue weighted by molar-refractivity contribution is 5.81. The minimum absolute atomic E-state index is 0.594. The third-order valence-electron chi connectivity index (χ3n) is 3.28. The molecule has 6 heteroatoms. The fourth-order valence-corrected chi connectivity index (χ4v) is 2.19. The zero-order valence-electron chi connectivity index (χ0n) is 12.8. The topological polar surface area (TPSA) is 64.3 Å². The SMILES string of the molecule is COc1ccc(C=NNc2ccccc2)cc1Cn1cncn1. The second-order valence-corrected chi connectivity index (χ2v) is 4.90. The van der Waals surface area contributed by atoms with E-state index >= 15 is 0 Å². The Balaban J connectivity index is 1.74. The Bertz CT molecular complexity index is 769. The molecular weight excluding hydrogens is 290 g/mol. The molecule has 6 nitrogen and oxygen atoms in total. The maximum absolute atomic E-state index is 5.40. The van der Waals surface area contributed by atoms with E-state index in [1.807, 2.05) is 48.5 Å². The van der Waals surface area contributed by atoms with E-state index in [0.29, 0.717) is 6.54 Å². The Morgan fingerprint density at radius 1 is 1.22 bits per heavy atom. The van der Waals surface area contributed by atoms with Crippen LogP contribution in [0.15, 0.2) is 66.3 Å². The summed E-state index contributed by atoms with van der Waals surface area (Å²) in [6.45, 7) is 0.594. The zero-order valence-corrected chi connectivity index (χ0v) is 12.8. The average Bonchev–Trinajstić information content (AvgIpc) is 3.09. The number of methoxy groups -OCH3 is 1. The first-order valence-electron chi connectivity index (χ1n) is 7.18. The van der Waals surface area contributed by atoms with E-state index in [0.717, 1.165) is 22.6 Å². The standard InChI is InChI=1S/C17H17N5O/c1-23-17-8-7-14(9-15(17)11-22-13-18-12-20-22)10-19-21-16-5-3-2-4-6-16/h2-10,12-13,21H,11H2,1H3. The molecule has 0 bridgehead atoms. The number of rotatable bonds is 6. The third-order valence-corrected chi connectivity index (χ3v) is 3.28. The molecule has 0 unspecified atom stereocenters. The maximum atomic E-state index is 5.40. The lowest BCUT2D eigenvalue weighted by Crippen LogP contribution is -2.03. The summed E-state index contributed by atoms with van der Waals surface area (Å²) >= 11 is 0. The second kappa shape index (κ2) is 7.22. The lowest BCUT2D eigenvalue weighted by atomic mass is 10.1. The van der Waals surface area contributed by atoms with Crippen molar-refractivity contribution in [3.05, 3.63) is 72.3 Å². The Kier molecular flexibility index (Phi) is 4.63. The zero-order chi connectivity index (χ0) is 15.9. The molecule has 116 valence electrons. The summed E-state index contributed by atoms with van der Waals surface area (Å²) in [6.07, 6.45) is 4.97. The van der Waals surface area contributed by atoms with Gasteiger partial charge >= 0.3 is 0 Å². The normalized spacial score (nSPS) is 10.8. The lowest BCUT2D eigenvalue weighted by molar-refractivity contribution is 0.407. The number of ether oxygens (including phenoxy) is 1. The van der Waals surface area contributed by atoms with Crippen LogP contribution in [0.4, 0.5) is 5.69 Å². The van der Waals surface area contributed by atoms with Crippen molar-refractivity contribution in [2.24, 2.45) is 5.10 Å². The van der Waals surface area contributed by atoms with E-state index in [1.165, 1.54) is 6.33 Å². The maximum Gasteiger partial charge on any atom is 0.137 e. The predicted octanol–water partition coefficient (Wildman–Crippen LogP) is 2.78. The molecule has 2 aromatic carbocycles. The molecule has 0 atom stereocenters. The Hall–Kier alpha value is -3.15. The van der Waals surface area contributed by atoms with Crippen LogP contribution in [0.1, 0.15) is 11.1 Å². The summed E-state index contributed by atoms with van der Waals surface area (Å²) < 4.78 is 7.15. The van der Waals surface area contributed by atoms with Crippen LogP contribution in [0, 0.1) is 0 Å². The van der Waals surface area contributed by atoms with Gasteiger partial charge in [-0.3, -0.25) is 5.43 Å². The van der Waals surface area contributed by atoms with Gasteiger partial charge in [-0.1, -0.05) is 18.2 Å². The second-order valence-electron chi connectivity index (χ2n) is 4.90. The van der Waals surface area contributed by atoms with E-state index in [-0.39, 0.29) is 0 Å². The molecule has 0 fully saturated rings. The highest BCUT2D eigenvalue weighted by Gasteiger charge is 2.05. The van der Waals surface area contributed by atoms with Crippen LogP contribution < -0.4 is 10.2 Å². The summed E-state index contributed by atoms with van der Waals surface area (Å²) in [5.74, 6) is 0.814. The van der Waals surface area contributed by atoms with Gasteiger partial charge in [0.2, 0.25) is 0 Å². The minimum Gasteiger partial charge on any atom is -0.496 e. The predicted molar refractivity (Wildman–Crippen MR) is 89.8 cm³/mol. The molecule has 0 aliphatic heterocycles. The van der Waals surface area contributed by atoms with Crippen molar-refractivity contribution in [2.45, 2.75) is 6.54 Å². The number of hydrogen-bond donors (Lipinski definition) is 1. The number of aromatic nitrogens is 3. The smallest absolute Gasteiger partial charge is 0.137 e. The van der Waals surface area contributed by atoms with Gasteiger partial charge in [-0.15, -0.1) is 0 Å². The fraction of sp³-hybridized carbons (Fsp3) is 0.118. The van der Waals surface area contributed by atoms with Gasteiger partial charge in [-0.05, 0) is 35.9 Å². The summed E-state index contributed by atoms with van der Waals surface area (Å²) in [4.78, 5) is 3.95. The van der Waals surface area contributed by atoms with Crippen molar-refractivity contribution in [2.75, 3.05) is 12.5 Å². The summed E-state index contributed by atoms with van der Waals surface area (Å²) in [5.41, 5.74) is 5.93. The minimum atomic E-state index is 0.594. The van der Waals surface area contributed by atoms with Gasteiger partial charge in [0, 0.05) is 5.56 Å². The first kappa shape index (κ1) is 14.8. The van der Waals surface area contributed by atoms with Gasteiger partial charge in [0.05, 0.1) is 25.6 Å². The molecule has 3 aromatic rings. The van der Waals surface area contributed by atoms with Gasteiger partial charge < -0.3 is 4.74 Å². The van der Waals surface area contributed by atoms with Crippen LogP contribution in [0.5, 0.6) is 5.75 Å². The molecule has 0 aliphatic rings. The monoisotopic (exact) mass is 307 g/mol. The highest BCUT2D eigenvalue weighted by atomic mass is 16.5. The first-order chi connectivity index (χ1) is 11.3. The molecule has 0 saturated carbocycles. The highest BCUT2D eigenvalue weighted by Crippen LogP contribution is 2.20. The van der Waals surface area contributed by atoms with E-state index in [2.05, 4.69) is 20.6 Å². The van der Waals surface area contributed by atoms with Crippen molar-refractivity contribution in [3.8, 4) is 5.75 Å². The molecule has 0 saturated heterocycles. The number of nitrogens with zero attached hydrogens (tertiary/aromatic N) is 4. The number of benzene rings is 2. The number of anilines is 1. The number of hydrogen-bond acceptors (Lipinski definition) is 5. The summed E-state index contributed by atoms with van der Waals surface area (Å²) in [7, 11) is 1.66. The third kappa shape index (κ3) is 3.94. The van der Waals surface area contributed by atoms with Gasteiger partial charge in [0.1, 0.15) is 18.4 Å². The lowest BCUT2D eigenvalue weighted by Gasteiger charge is -2.09. The average molecular weight is 307 g/mol. The molecule has 0 spiro atoms. The molecule has 1 heterocycles. The molecule has 0 amide bonds. The van der Waals surface area contributed by atoms with Gasteiger partial charge in [-0.25, -0.2) is 9.67 Å². The van der Waals surface area contributed by atoms with Crippen LogP contribution in [0.2, 0.25) is 0 Å². The van der Waals surface area contributed by atoms with Crippen LogP contribution in [-0.4, -0.2) is 28.1 Å². The Morgan fingerprint density at radius 3 is 2.83 bits per heavy atom. The van der Waals surface area contributed by atoms with Crippen molar-refractivity contribution in [1.82, 2.24) is 14.8 Å². The molecule has 0 aliphatic carbocycles. The molecule has 3 rings (SSSR count). The van der Waals surface area contributed by atoms with Crippen LogP contribution in [0.3, 0.4) is 0 Å². The van der Waals surface area contributed by atoms with Crippen molar-refractivity contribution in [1.29, 1.82) is 0 Å². The first-order valence-corrected chi connectivity index (χ1v) is 7.18. The molecular formula is C17H17N5O. The van der Waals surface area contributed by atoms with Crippen molar-refractivity contribution in [3.63, 3.8) is 0 Å². The molecule has 0 radical (unpaired) electrons. The van der Waals surface area contributed by atoms with E-state index in [4.69, 9.17) is 4.74 Å². The van der Waals surface area contributed by atoms with Gasteiger partial charge in [0.15, 0.2) is 0 Å². The quantitative estimate of drug-likeness (QED) is 0.562. The van der Waals surface area contributed by atoms with Crippen LogP contribution in [0.25, 0.3) is 0 Å². The molecule has 1 N–H and O–H groups in total. The fourth-order valence-electron chi connectivity index (χ4n) is 2.19. The van der Waals surface area contributed by atoms with Crippen molar-refractivity contribution >= 4 is 11.9 Å². The Labute approximate surface area is 134 Å². The summed E-state index contributed by atoms with van der Waals surface area (Å²) in [5, 5.41) is 8.38. The van der Waals surface area contributed by atoms with Crippen LogP contribution >= 0.6 is 0 Å². The van der Waals surface area contributed by atoms with Gasteiger partial charge in [0.25, 0.3) is 0 Å². The number of para-hydroxylation sites is 1. The van der Waals surface area contributed by atoms with E-state index < -0.39 is 0 Å². The van der Waals surface area contributed by atoms with Gasteiger partial charge in [-0.2, -0.15) is 10.2 Å². The van der Waals surface area contributed by atoms with Crippen molar-refractivity contribution < 1.29 is 4.74 Å². The van der Waals surface area contributed by atoms with E-state index in [9.17, 15) is 0 Å².